The van der Waals surface area contributed by atoms with Crippen molar-refractivity contribution in [2.45, 2.75) is 45.3 Å². The van der Waals surface area contributed by atoms with Gasteiger partial charge < -0.3 is 4.90 Å². The fourth-order valence-electron chi connectivity index (χ4n) is 3.65. The molecule has 0 spiro atoms. The number of aromatic nitrogens is 4. The summed E-state index contributed by atoms with van der Waals surface area (Å²) in [5.41, 5.74) is 1.31. The van der Waals surface area contributed by atoms with E-state index in [-0.39, 0.29) is 5.69 Å². The number of likely N-dealkylation sites (N-methyl/N-ethyl adjacent to an activating group) is 1. The Morgan fingerprint density at radius 3 is 2.73 bits per heavy atom. The van der Waals surface area contributed by atoms with Crippen LogP contribution in [0.3, 0.4) is 0 Å². The number of likely N-dealkylation sites (tertiary alicyclic amines) is 1. The zero-order chi connectivity index (χ0) is 18.5. The molecule has 1 fully saturated rings. The van der Waals surface area contributed by atoms with Gasteiger partial charge in [-0.05, 0) is 58.1 Å². The van der Waals surface area contributed by atoms with Crippen LogP contribution in [0.5, 0.6) is 0 Å². The monoisotopic (exact) mass is 358 g/mol. The van der Waals surface area contributed by atoms with Crippen molar-refractivity contribution in [3.8, 4) is 0 Å². The van der Waals surface area contributed by atoms with Crippen molar-refractivity contribution >= 4 is 0 Å². The highest BCUT2D eigenvalue weighted by Gasteiger charge is 2.27. The van der Waals surface area contributed by atoms with Crippen LogP contribution >= 0.6 is 0 Å². The molecule has 0 bridgehead atoms. The van der Waals surface area contributed by atoms with Gasteiger partial charge >= 0.3 is 5.69 Å². The summed E-state index contributed by atoms with van der Waals surface area (Å²) in [4.78, 5) is 21.3. The predicted octanol–water partition coefficient (Wildman–Crippen LogP) is 1.40. The largest absolute Gasteiger partial charge is 0.345 e. The van der Waals surface area contributed by atoms with Gasteiger partial charge in [0.25, 0.3) is 0 Å². The molecule has 7 heteroatoms. The van der Waals surface area contributed by atoms with Crippen molar-refractivity contribution in [2.75, 3.05) is 33.7 Å². The lowest BCUT2D eigenvalue weighted by atomic mass is 9.96. The average molecular weight is 358 g/mol. The second-order valence-corrected chi connectivity index (χ2v) is 7.34. The first-order valence-corrected chi connectivity index (χ1v) is 9.52. The standard InChI is InChI=1S/C19H30N6O/c1-4-24-18(21-25(19(24)26)13-12-22(2)3)17-6-5-11-23(15-17)14-16-7-9-20-10-8-16/h7-10,17H,4-6,11-15H2,1-3H3/t17-/m0/s1. The summed E-state index contributed by atoms with van der Waals surface area (Å²) >= 11 is 0. The Balaban J connectivity index is 1.75. The molecule has 2 aromatic heterocycles. The lowest BCUT2D eigenvalue weighted by Gasteiger charge is -2.32. The molecule has 3 heterocycles. The van der Waals surface area contributed by atoms with Crippen LogP contribution in [-0.4, -0.2) is 62.9 Å². The molecule has 0 aliphatic carbocycles. The third kappa shape index (κ3) is 4.40. The van der Waals surface area contributed by atoms with E-state index in [1.165, 1.54) is 5.56 Å². The number of piperidine rings is 1. The Morgan fingerprint density at radius 1 is 1.27 bits per heavy atom. The zero-order valence-corrected chi connectivity index (χ0v) is 16.1. The van der Waals surface area contributed by atoms with Crippen LogP contribution in [0.2, 0.25) is 0 Å². The molecule has 1 atom stereocenters. The summed E-state index contributed by atoms with van der Waals surface area (Å²) in [5, 5.41) is 4.72. The van der Waals surface area contributed by atoms with Gasteiger partial charge in [-0.3, -0.25) is 14.5 Å². The van der Waals surface area contributed by atoms with Gasteiger partial charge in [0.15, 0.2) is 0 Å². The first kappa shape index (κ1) is 18.8. The van der Waals surface area contributed by atoms with Gasteiger partial charge in [0, 0.05) is 44.5 Å². The molecule has 1 saturated heterocycles. The normalized spacial score (nSPS) is 18.5. The van der Waals surface area contributed by atoms with Crippen molar-refractivity contribution in [1.29, 1.82) is 0 Å². The average Bonchev–Trinajstić information content (AvgIpc) is 2.97. The molecule has 3 rings (SSSR count). The van der Waals surface area contributed by atoms with Crippen molar-refractivity contribution in [1.82, 2.24) is 29.1 Å². The van der Waals surface area contributed by atoms with E-state index in [1.807, 2.05) is 38.0 Å². The Bertz CT molecular complexity index is 751. The van der Waals surface area contributed by atoms with Crippen molar-refractivity contribution in [3.63, 3.8) is 0 Å². The Labute approximate surface area is 155 Å². The van der Waals surface area contributed by atoms with Gasteiger partial charge in [-0.1, -0.05) is 0 Å². The quantitative estimate of drug-likeness (QED) is 0.749. The molecule has 0 aromatic carbocycles. The minimum Gasteiger partial charge on any atom is -0.308 e. The second kappa shape index (κ2) is 8.60. The molecule has 0 radical (unpaired) electrons. The molecular formula is C19H30N6O. The molecule has 0 unspecified atom stereocenters. The van der Waals surface area contributed by atoms with E-state index in [4.69, 9.17) is 5.10 Å². The minimum absolute atomic E-state index is 0.0237. The van der Waals surface area contributed by atoms with Gasteiger partial charge in [-0.15, -0.1) is 0 Å². The van der Waals surface area contributed by atoms with Crippen LogP contribution in [0.1, 0.15) is 37.1 Å². The van der Waals surface area contributed by atoms with E-state index in [1.54, 1.807) is 4.68 Å². The Morgan fingerprint density at radius 2 is 2.04 bits per heavy atom. The van der Waals surface area contributed by atoms with E-state index in [0.717, 1.165) is 44.8 Å². The minimum atomic E-state index is 0.0237. The van der Waals surface area contributed by atoms with Gasteiger partial charge in [-0.25, -0.2) is 9.48 Å². The third-order valence-corrected chi connectivity index (χ3v) is 5.05. The highest BCUT2D eigenvalue weighted by molar-refractivity contribution is 5.10. The van der Waals surface area contributed by atoms with Crippen molar-refractivity contribution < 1.29 is 0 Å². The lowest BCUT2D eigenvalue weighted by molar-refractivity contribution is 0.194. The van der Waals surface area contributed by atoms with Crippen molar-refractivity contribution in [3.05, 3.63) is 46.4 Å². The maximum atomic E-state index is 12.7. The van der Waals surface area contributed by atoms with Crippen LogP contribution < -0.4 is 5.69 Å². The molecule has 1 aliphatic rings. The van der Waals surface area contributed by atoms with Crippen LogP contribution in [-0.2, 0) is 19.6 Å². The van der Waals surface area contributed by atoms with Crippen LogP contribution in [0, 0.1) is 0 Å². The molecule has 7 nitrogen and oxygen atoms in total. The van der Waals surface area contributed by atoms with E-state index in [0.29, 0.717) is 19.0 Å². The van der Waals surface area contributed by atoms with Crippen LogP contribution in [0.15, 0.2) is 29.3 Å². The summed E-state index contributed by atoms with van der Waals surface area (Å²) in [5.74, 6) is 1.27. The van der Waals surface area contributed by atoms with Crippen LogP contribution in [0.25, 0.3) is 0 Å². The first-order chi connectivity index (χ1) is 12.6. The number of hydrogen-bond acceptors (Lipinski definition) is 5. The Hall–Kier alpha value is -1.99. The molecule has 1 aliphatic heterocycles. The Kier molecular flexibility index (Phi) is 6.21. The highest BCUT2D eigenvalue weighted by atomic mass is 16.2. The van der Waals surface area contributed by atoms with Crippen LogP contribution in [0.4, 0.5) is 0 Å². The number of pyridine rings is 1. The van der Waals surface area contributed by atoms with E-state index < -0.39 is 0 Å². The predicted molar refractivity (Wildman–Crippen MR) is 102 cm³/mol. The maximum Gasteiger partial charge on any atom is 0.345 e. The summed E-state index contributed by atoms with van der Waals surface area (Å²) in [6, 6.07) is 4.14. The number of rotatable bonds is 7. The highest BCUT2D eigenvalue weighted by Crippen LogP contribution is 2.26. The van der Waals surface area contributed by atoms with Gasteiger partial charge in [0.05, 0.1) is 6.54 Å². The van der Waals surface area contributed by atoms with Gasteiger partial charge in [-0.2, -0.15) is 5.10 Å². The van der Waals surface area contributed by atoms with E-state index in [2.05, 4.69) is 26.9 Å². The summed E-state index contributed by atoms with van der Waals surface area (Å²) in [6.07, 6.45) is 5.92. The maximum absolute atomic E-state index is 12.7. The summed E-state index contributed by atoms with van der Waals surface area (Å²) in [7, 11) is 4.03. The fraction of sp³-hybridized carbons (Fsp3) is 0.632. The van der Waals surface area contributed by atoms with E-state index >= 15 is 0 Å². The molecule has 142 valence electrons. The molecular weight excluding hydrogens is 328 g/mol. The molecule has 0 N–H and O–H groups in total. The summed E-state index contributed by atoms with van der Waals surface area (Å²) in [6.45, 7) is 7.13. The third-order valence-electron chi connectivity index (χ3n) is 5.05. The number of nitrogens with zero attached hydrogens (tertiary/aromatic N) is 6. The van der Waals surface area contributed by atoms with Gasteiger partial charge in [0.1, 0.15) is 5.82 Å². The second-order valence-electron chi connectivity index (χ2n) is 7.34. The molecule has 26 heavy (non-hydrogen) atoms. The van der Waals surface area contributed by atoms with Crippen molar-refractivity contribution in [2.24, 2.45) is 0 Å². The smallest absolute Gasteiger partial charge is 0.308 e. The van der Waals surface area contributed by atoms with E-state index in [9.17, 15) is 4.79 Å². The lowest BCUT2D eigenvalue weighted by Crippen LogP contribution is -2.35. The fourth-order valence-corrected chi connectivity index (χ4v) is 3.65. The molecule has 2 aromatic rings. The van der Waals surface area contributed by atoms with Gasteiger partial charge in [0.2, 0.25) is 0 Å². The SMILES string of the molecule is CCn1c([C@H]2CCCN(Cc3ccncc3)C2)nn(CCN(C)C)c1=O. The molecule has 0 amide bonds. The zero-order valence-electron chi connectivity index (χ0n) is 16.1. The topological polar surface area (TPSA) is 59.2 Å². The first-order valence-electron chi connectivity index (χ1n) is 9.52. The molecule has 0 saturated carbocycles. The number of hydrogen-bond donors (Lipinski definition) is 0. The summed E-state index contributed by atoms with van der Waals surface area (Å²) < 4.78 is 3.50.